The topological polar surface area (TPSA) is 97.0 Å². The van der Waals surface area contributed by atoms with Crippen molar-refractivity contribution in [2.45, 2.75) is 13.5 Å². The van der Waals surface area contributed by atoms with Gasteiger partial charge in [0.05, 0.1) is 19.2 Å². The number of nitrogens with zero attached hydrogens (tertiary/aromatic N) is 6. The van der Waals surface area contributed by atoms with Crippen LogP contribution < -0.4 is 15.2 Å². The Hall–Kier alpha value is -2.75. The fourth-order valence-corrected chi connectivity index (χ4v) is 2.34. The lowest BCUT2D eigenvalue weighted by Crippen LogP contribution is -2.23. The molecule has 0 aromatic carbocycles. The Bertz CT molecular complexity index is 905. The van der Waals surface area contributed by atoms with E-state index in [2.05, 4.69) is 20.4 Å². The van der Waals surface area contributed by atoms with Crippen molar-refractivity contribution in [3.05, 3.63) is 39.9 Å². The average Bonchev–Trinajstić information content (AvgIpc) is 3.13. The summed E-state index contributed by atoms with van der Waals surface area (Å²) in [5, 5.41) is 9.47. The van der Waals surface area contributed by atoms with Gasteiger partial charge in [-0.2, -0.15) is 9.36 Å². The first-order chi connectivity index (χ1) is 11.6. The van der Waals surface area contributed by atoms with E-state index in [0.29, 0.717) is 28.9 Å². The zero-order valence-electron chi connectivity index (χ0n) is 13.5. The molecule has 0 amide bonds. The highest BCUT2D eigenvalue weighted by Gasteiger charge is 2.17. The molecular weight excluding hydrogens is 320 g/mol. The molecule has 3 rings (SSSR count). The van der Waals surface area contributed by atoms with Crippen molar-refractivity contribution in [2.75, 3.05) is 6.61 Å². The van der Waals surface area contributed by atoms with Crippen LogP contribution in [0.1, 0.15) is 13.9 Å². The Morgan fingerprint density at radius 3 is 2.87 bits per heavy atom. The van der Waals surface area contributed by atoms with Gasteiger partial charge in [0.15, 0.2) is 0 Å². The zero-order chi connectivity index (χ0) is 17.1. The molecular formula is C13H14N6O3S. The lowest BCUT2D eigenvalue weighted by atomic mass is 10.2. The molecule has 0 atom stereocenters. The number of rotatable bonds is 6. The Kier molecular flexibility index (Phi) is 3.96. The minimum absolute atomic E-state index is 0.0640. The summed E-state index contributed by atoms with van der Waals surface area (Å²) in [6.07, 6.45) is 1.66. The van der Waals surface area contributed by atoms with Crippen molar-refractivity contribution in [1.82, 2.24) is 29.8 Å². The summed E-state index contributed by atoms with van der Waals surface area (Å²) in [6, 6.07) is 1.63. The number of ether oxygens (including phenoxy) is 2. The van der Waals surface area contributed by atoms with Crippen molar-refractivity contribution in [1.29, 1.82) is 0 Å². The first-order valence-electron chi connectivity index (χ1n) is 7.25. The third-order valence-electron chi connectivity index (χ3n) is 2.93. The van der Waals surface area contributed by atoms with Gasteiger partial charge in [0.25, 0.3) is 5.19 Å². The molecule has 0 N–H and O–H groups in total. The first kappa shape index (κ1) is 13.9. The molecule has 3 aromatic heterocycles. The van der Waals surface area contributed by atoms with Gasteiger partial charge in [0.2, 0.25) is 5.88 Å². The zero-order valence-corrected chi connectivity index (χ0v) is 13.3. The van der Waals surface area contributed by atoms with Crippen molar-refractivity contribution in [3.63, 3.8) is 0 Å². The largest absolute Gasteiger partial charge is 0.478 e. The van der Waals surface area contributed by atoms with Crippen LogP contribution in [0.2, 0.25) is 0 Å². The maximum absolute atomic E-state index is 12.1. The molecule has 0 fully saturated rings. The van der Waals surface area contributed by atoms with Gasteiger partial charge in [-0.25, -0.2) is 14.8 Å². The molecule has 0 saturated carbocycles. The summed E-state index contributed by atoms with van der Waals surface area (Å²) in [6.45, 7) is 2.31. The van der Waals surface area contributed by atoms with Crippen LogP contribution in [0.25, 0.3) is 5.69 Å². The van der Waals surface area contributed by atoms with Crippen LogP contribution >= 0.6 is 11.3 Å². The van der Waals surface area contributed by atoms with E-state index < -0.39 is 5.69 Å². The molecule has 120 valence electrons. The quantitative estimate of drug-likeness (QED) is 0.656. The average molecular weight is 336 g/mol. The van der Waals surface area contributed by atoms with E-state index in [0.717, 1.165) is 9.36 Å². The van der Waals surface area contributed by atoms with Gasteiger partial charge >= 0.3 is 5.69 Å². The second-order valence-electron chi connectivity index (χ2n) is 4.37. The summed E-state index contributed by atoms with van der Waals surface area (Å²) >= 11 is 1.21. The minimum Gasteiger partial charge on any atom is -0.478 e. The van der Waals surface area contributed by atoms with Crippen molar-refractivity contribution >= 4 is 11.3 Å². The number of pyridine rings is 1. The minimum atomic E-state index is -0.396. The van der Waals surface area contributed by atoms with Crippen molar-refractivity contribution in [3.8, 4) is 16.8 Å². The predicted molar refractivity (Wildman–Crippen MR) is 82.0 cm³/mol. The predicted octanol–water partition coefficient (Wildman–Crippen LogP) is 0.795. The Morgan fingerprint density at radius 2 is 2.22 bits per heavy atom. The molecule has 0 aliphatic heterocycles. The van der Waals surface area contributed by atoms with E-state index >= 15 is 0 Å². The van der Waals surface area contributed by atoms with E-state index in [4.69, 9.17) is 10.8 Å². The Morgan fingerprint density at radius 1 is 1.35 bits per heavy atom. The summed E-state index contributed by atoms with van der Waals surface area (Å²) in [5.74, 6) is 0.343. The van der Waals surface area contributed by atoms with Gasteiger partial charge in [-0.1, -0.05) is 11.3 Å². The molecule has 0 saturated heterocycles. The van der Waals surface area contributed by atoms with Crippen LogP contribution in [0.15, 0.2) is 28.6 Å². The monoisotopic (exact) mass is 336 g/mol. The van der Waals surface area contributed by atoms with Crippen LogP contribution in [0.5, 0.6) is 11.1 Å². The van der Waals surface area contributed by atoms with Gasteiger partial charge in [0, 0.05) is 24.8 Å². The van der Waals surface area contributed by atoms with Crippen LogP contribution in [-0.2, 0) is 13.7 Å². The normalized spacial score (nSPS) is 11.3. The lowest BCUT2D eigenvalue weighted by molar-refractivity contribution is 0.279. The van der Waals surface area contributed by atoms with Crippen molar-refractivity contribution in [2.24, 2.45) is 7.05 Å². The molecule has 3 aromatic rings. The van der Waals surface area contributed by atoms with Crippen LogP contribution in [-0.4, -0.2) is 36.4 Å². The van der Waals surface area contributed by atoms with E-state index in [1.165, 1.54) is 24.6 Å². The number of hydrogen-bond acceptors (Lipinski definition) is 8. The molecule has 0 unspecified atom stereocenters. The van der Waals surface area contributed by atoms with Gasteiger partial charge in [0.1, 0.15) is 6.61 Å². The molecule has 3 heterocycles. The number of aryl methyl sites for hydroxylation is 1. The van der Waals surface area contributed by atoms with Gasteiger partial charge in [-0.15, -0.1) is 0 Å². The maximum atomic E-state index is 12.1. The Balaban J connectivity index is 2.00. The molecule has 9 nitrogen and oxygen atoms in total. The molecule has 0 aliphatic carbocycles. The van der Waals surface area contributed by atoms with Gasteiger partial charge < -0.3 is 9.47 Å². The van der Waals surface area contributed by atoms with Crippen LogP contribution in [0.3, 0.4) is 0 Å². The summed E-state index contributed by atoms with van der Waals surface area (Å²) in [4.78, 5) is 20.2. The SMILES string of the molecule is [3H]c1csc(OCc2c(-n3nnn(C)c3=O)ccnc2OCC)n1. The van der Waals surface area contributed by atoms with E-state index in [-0.39, 0.29) is 12.8 Å². The van der Waals surface area contributed by atoms with E-state index in [1.54, 1.807) is 11.4 Å². The Labute approximate surface area is 136 Å². The third-order valence-corrected chi connectivity index (χ3v) is 3.56. The maximum Gasteiger partial charge on any atom is 0.368 e. The molecule has 10 heteroatoms. The number of hydrogen-bond donors (Lipinski definition) is 0. The highest BCUT2D eigenvalue weighted by atomic mass is 32.1. The van der Waals surface area contributed by atoms with Crippen LogP contribution in [0, 0.1) is 0 Å². The van der Waals surface area contributed by atoms with Gasteiger partial charge in [-0.05, 0) is 23.4 Å². The standard InChI is InChI=1S/C13H14N6O3S/c1-3-21-11-9(8-22-12-15-6-7-23-12)10(4-5-14-11)19-13(20)18(2)16-17-19/h4-7H,3,8H2,1-2H3/i6T. The molecule has 0 spiro atoms. The highest BCUT2D eigenvalue weighted by molar-refractivity contribution is 7.11. The lowest BCUT2D eigenvalue weighted by Gasteiger charge is -2.12. The fourth-order valence-electron chi connectivity index (χ4n) is 1.91. The second-order valence-corrected chi connectivity index (χ2v) is 5.20. The highest BCUT2D eigenvalue weighted by Crippen LogP contribution is 2.24. The molecule has 0 aliphatic rings. The van der Waals surface area contributed by atoms with Gasteiger partial charge in [-0.3, -0.25) is 0 Å². The number of aromatic nitrogens is 6. The molecule has 0 bridgehead atoms. The fraction of sp³-hybridized carbons (Fsp3) is 0.308. The number of tetrazole rings is 1. The molecule has 0 radical (unpaired) electrons. The third kappa shape index (κ3) is 3.06. The van der Waals surface area contributed by atoms with E-state index in [1.807, 2.05) is 6.92 Å². The smallest absolute Gasteiger partial charge is 0.368 e. The van der Waals surface area contributed by atoms with E-state index in [9.17, 15) is 4.79 Å². The second kappa shape index (κ2) is 6.57. The summed E-state index contributed by atoms with van der Waals surface area (Å²) < 4.78 is 20.8. The molecule has 23 heavy (non-hydrogen) atoms. The summed E-state index contributed by atoms with van der Waals surface area (Å²) in [7, 11) is 1.51. The summed E-state index contributed by atoms with van der Waals surface area (Å²) in [5.41, 5.74) is 0.616. The van der Waals surface area contributed by atoms with Crippen LogP contribution in [0.4, 0.5) is 0 Å². The first-order valence-corrected chi connectivity index (χ1v) is 7.63. The number of thiazole rings is 1. The van der Waals surface area contributed by atoms with Crippen molar-refractivity contribution < 1.29 is 10.8 Å².